The first kappa shape index (κ1) is 15.6. The zero-order valence-electron chi connectivity index (χ0n) is 10.3. The van der Waals surface area contributed by atoms with Gasteiger partial charge in [-0.1, -0.05) is 0 Å². The molecule has 4 heteroatoms. The third kappa shape index (κ3) is 4.34. The molecule has 1 N–H and O–H groups in total. The summed E-state index contributed by atoms with van der Waals surface area (Å²) in [6, 6.07) is 10.7. The molecule has 1 aliphatic rings. The number of halogens is 2. The van der Waals surface area contributed by atoms with E-state index in [0.717, 1.165) is 25.7 Å². The Morgan fingerprint density at radius 2 is 1.67 bits per heavy atom. The normalized spacial score (nSPS) is 20.2. The molecule has 0 spiro atoms. The fourth-order valence-electron chi connectivity index (χ4n) is 2.35. The van der Waals surface area contributed by atoms with Gasteiger partial charge in [-0.25, -0.2) is 0 Å². The molecular formula is C14H18I2OSn-. The molecule has 1 aromatic rings. The number of hydrogen-bond donors (Lipinski definition) is 1. The molecule has 1 saturated carbocycles. The third-order valence-corrected chi connectivity index (χ3v) is 21.5. The van der Waals surface area contributed by atoms with Crippen LogP contribution in [0, 0.1) is 0 Å². The van der Waals surface area contributed by atoms with Crippen LogP contribution >= 0.6 is 37.3 Å². The third-order valence-electron chi connectivity index (χ3n) is 3.48. The van der Waals surface area contributed by atoms with Gasteiger partial charge in [0, 0.05) is 0 Å². The molecule has 2 rings (SSSR count). The second kappa shape index (κ2) is 6.76. The van der Waals surface area contributed by atoms with Gasteiger partial charge in [-0.2, -0.15) is 0 Å². The Hall–Kier alpha value is 1.18. The van der Waals surface area contributed by atoms with Gasteiger partial charge in [0.1, 0.15) is 0 Å². The van der Waals surface area contributed by atoms with E-state index in [2.05, 4.69) is 77.8 Å². The second-order valence-electron chi connectivity index (χ2n) is 4.99. The Morgan fingerprint density at radius 1 is 1.06 bits per heavy atom. The topological polar surface area (TPSA) is 20.2 Å². The summed E-state index contributed by atoms with van der Waals surface area (Å²) in [7, 11) is -2.40. The van der Waals surface area contributed by atoms with Crippen molar-refractivity contribution >= 4 is 51.3 Å². The Bertz CT molecular complexity index is 411. The molecule has 0 atom stereocenters. The van der Waals surface area contributed by atoms with Gasteiger partial charge in [-0.05, 0) is 0 Å². The van der Waals surface area contributed by atoms with Crippen molar-refractivity contribution in [2.24, 2.45) is 0 Å². The minimum absolute atomic E-state index is 0.522. The predicted octanol–water partition coefficient (Wildman–Crippen LogP) is 4.00. The van der Waals surface area contributed by atoms with Crippen LogP contribution in [0.5, 0.6) is 0 Å². The molecule has 0 radical (unpaired) electrons. The molecule has 1 fully saturated rings. The standard InChI is InChI=1S/C8H13O.C6H5.2HI.Sn/c1-2-8(9)6-4-3-5-7-8;1-2-4-6-5-3-1;;;/h1-2,9H,3-7H2;1-5H;2*1H;/q;;;;+1/p-2. The monoisotopic (exact) mass is 576 g/mol. The predicted molar refractivity (Wildman–Crippen MR) is 97.0 cm³/mol. The van der Waals surface area contributed by atoms with E-state index >= 15 is 0 Å². The minimum atomic E-state index is -2.40. The molecule has 1 aliphatic carbocycles. The maximum atomic E-state index is 10.5. The fraction of sp³-hybridized carbons (Fsp3) is 0.429. The average molecular weight is 575 g/mol. The molecule has 18 heavy (non-hydrogen) atoms. The summed E-state index contributed by atoms with van der Waals surface area (Å²) in [5.41, 5.74) is -0.522. The van der Waals surface area contributed by atoms with E-state index in [-0.39, 0.29) is 0 Å². The van der Waals surface area contributed by atoms with Crippen LogP contribution in [0.3, 0.4) is 0 Å². The number of hydrogen-bond acceptors (Lipinski definition) is 1. The first-order chi connectivity index (χ1) is 8.52. The Balaban J connectivity index is 2.12. The van der Waals surface area contributed by atoms with Crippen LogP contribution in [0.15, 0.2) is 40.5 Å². The molecule has 0 saturated heterocycles. The van der Waals surface area contributed by atoms with E-state index in [9.17, 15) is 5.11 Å². The van der Waals surface area contributed by atoms with Crippen LogP contribution in [0.2, 0.25) is 0 Å². The quantitative estimate of drug-likeness (QED) is 0.428. The van der Waals surface area contributed by atoms with Crippen molar-refractivity contribution in [2.45, 2.75) is 37.7 Å². The van der Waals surface area contributed by atoms with Crippen molar-refractivity contribution in [1.29, 1.82) is 0 Å². The number of aliphatic hydroxyl groups is 1. The SMILES string of the molecule is OC1(/C=[CH]\[Sn-]([I])([I])[c]2ccccc2)CCCCC1. The summed E-state index contributed by atoms with van der Waals surface area (Å²) in [5, 5.41) is 10.5. The Kier molecular flexibility index (Phi) is 5.84. The maximum absolute atomic E-state index is 10.5. The van der Waals surface area contributed by atoms with Crippen molar-refractivity contribution in [3.05, 3.63) is 40.5 Å². The van der Waals surface area contributed by atoms with Crippen molar-refractivity contribution in [3.63, 3.8) is 0 Å². The van der Waals surface area contributed by atoms with Gasteiger partial charge in [0.05, 0.1) is 0 Å². The van der Waals surface area contributed by atoms with E-state index in [4.69, 9.17) is 0 Å². The molecule has 0 bridgehead atoms. The first-order valence-corrected chi connectivity index (χ1v) is 26.1. The van der Waals surface area contributed by atoms with Gasteiger partial charge < -0.3 is 0 Å². The Labute approximate surface area is 133 Å². The first-order valence-electron chi connectivity index (χ1n) is 6.38. The van der Waals surface area contributed by atoms with Gasteiger partial charge in [0.25, 0.3) is 0 Å². The van der Waals surface area contributed by atoms with Gasteiger partial charge in [0.2, 0.25) is 0 Å². The molecule has 0 amide bonds. The summed E-state index contributed by atoms with van der Waals surface area (Å²) in [6.07, 6.45) is 7.60. The molecule has 1 aromatic carbocycles. The van der Waals surface area contributed by atoms with Crippen LogP contribution in [0.25, 0.3) is 0 Å². The number of benzene rings is 1. The zero-order valence-corrected chi connectivity index (χ0v) is 17.4. The van der Waals surface area contributed by atoms with Gasteiger partial charge in [-0.3, -0.25) is 0 Å². The molecule has 1 nitrogen and oxygen atoms in total. The van der Waals surface area contributed by atoms with Crippen LogP contribution in [-0.4, -0.2) is 21.1 Å². The number of rotatable bonds is 3. The van der Waals surface area contributed by atoms with Gasteiger partial charge in [0.15, 0.2) is 0 Å². The molecule has 99 valence electrons. The van der Waals surface area contributed by atoms with E-state index in [0.29, 0.717) is 0 Å². The van der Waals surface area contributed by atoms with Crippen molar-refractivity contribution in [2.75, 3.05) is 0 Å². The van der Waals surface area contributed by atoms with Gasteiger partial charge in [-0.15, -0.1) is 0 Å². The van der Waals surface area contributed by atoms with Crippen molar-refractivity contribution in [3.8, 4) is 0 Å². The van der Waals surface area contributed by atoms with Gasteiger partial charge >= 0.3 is 135 Å². The molecule has 0 aliphatic heterocycles. The van der Waals surface area contributed by atoms with Crippen LogP contribution in [0.4, 0.5) is 0 Å². The summed E-state index contributed by atoms with van der Waals surface area (Å²) >= 11 is 5.29. The van der Waals surface area contributed by atoms with E-state index in [1.165, 1.54) is 10.0 Å². The van der Waals surface area contributed by atoms with E-state index in [1.54, 1.807) is 0 Å². The van der Waals surface area contributed by atoms with Crippen LogP contribution < -0.4 is 3.58 Å². The fourth-order valence-corrected chi connectivity index (χ4v) is 13.4. The summed E-state index contributed by atoms with van der Waals surface area (Å²) in [4.78, 5) is 0. The Morgan fingerprint density at radius 3 is 2.28 bits per heavy atom. The van der Waals surface area contributed by atoms with Crippen molar-refractivity contribution < 1.29 is 5.11 Å². The van der Waals surface area contributed by atoms with E-state index in [1.807, 2.05) is 0 Å². The molecular weight excluding hydrogens is 557 g/mol. The summed E-state index contributed by atoms with van der Waals surface area (Å²) in [5.74, 6) is 0. The average Bonchev–Trinajstić information content (AvgIpc) is 2.39. The van der Waals surface area contributed by atoms with Crippen LogP contribution in [-0.2, 0) is 0 Å². The molecule has 0 aromatic heterocycles. The molecule has 0 heterocycles. The zero-order chi connectivity index (χ0) is 13.1. The second-order valence-corrected chi connectivity index (χ2v) is 47.8. The summed E-state index contributed by atoms with van der Waals surface area (Å²) in [6.45, 7) is 0. The molecule has 0 unspecified atom stereocenters. The van der Waals surface area contributed by atoms with E-state index < -0.39 is 16.0 Å². The van der Waals surface area contributed by atoms with Crippen LogP contribution in [0.1, 0.15) is 32.1 Å². The summed E-state index contributed by atoms with van der Waals surface area (Å²) < 4.78 is 3.83. The van der Waals surface area contributed by atoms with Crippen molar-refractivity contribution in [1.82, 2.24) is 0 Å².